The highest BCUT2D eigenvalue weighted by Gasteiger charge is 2.14. The van der Waals surface area contributed by atoms with Crippen LogP contribution in [0, 0.1) is 0 Å². The van der Waals surface area contributed by atoms with Gasteiger partial charge in [0.05, 0.1) is 20.3 Å². The third-order valence-corrected chi connectivity index (χ3v) is 2.08. The van der Waals surface area contributed by atoms with E-state index >= 15 is 0 Å². The zero-order chi connectivity index (χ0) is 13.5. The highest BCUT2D eigenvalue weighted by Crippen LogP contribution is 2.36. The molecule has 0 aliphatic heterocycles. The van der Waals surface area contributed by atoms with Crippen molar-refractivity contribution < 1.29 is 23.7 Å². The third-order valence-electron chi connectivity index (χ3n) is 2.08. The van der Waals surface area contributed by atoms with Gasteiger partial charge < -0.3 is 18.9 Å². The molecule has 0 saturated carbocycles. The summed E-state index contributed by atoms with van der Waals surface area (Å²) < 4.78 is 20.6. The summed E-state index contributed by atoms with van der Waals surface area (Å²) in [6.45, 7) is 3.37. The summed E-state index contributed by atoms with van der Waals surface area (Å²) in [7, 11) is 3.04. The Kier molecular flexibility index (Phi) is 5.30. The lowest BCUT2D eigenvalue weighted by atomic mass is 10.3. The number of hydrogen-bond acceptors (Lipinski definition) is 5. The molecule has 0 fully saturated rings. The standard InChI is InChI=1S/C13H18O5/c1-9(2)18-12(14)8-17-13-10(15-3)6-5-7-11(13)16-4/h5-7,9H,8H2,1-4H3. The molecule has 0 saturated heterocycles. The highest BCUT2D eigenvalue weighted by molar-refractivity contribution is 5.71. The second kappa shape index (κ2) is 6.74. The van der Waals surface area contributed by atoms with E-state index in [-0.39, 0.29) is 12.7 Å². The summed E-state index contributed by atoms with van der Waals surface area (Å²) >= 11 is 0. The molecule has 0 radical (unpaired) electrons. The minimum Gasteiger partial charge on any atom is -0.493 e. The quantitative estimate of drug-likeness (QED) is 0.727. The van der Waals surface area contributed by atoms with E-state index in [4.69, 9.17) is 18.9 Å². The van der Waals surface area contributed by atoms with Gasteiger partial charge in [-0.25, -0.2) is 4.79 Å². The van der Waals surface area contributed by atoms with Crippen LogP contribution in [0.3, 0.4) is 0 Å². The van der Waals surface area contributed by atoms with Crippen molar-refractivity contribution in [2.75, 3.05) is 20.8 Å². The number of benzene rings is 1. The van der Waals surface area contributed by atoms with Crippen molar-refractivity contribution in [1.82, 2.24) is 0 Å². The maximum Gasteiger partial charge on any atom is 0.344 e. The number of rotatable bonds is 6. The van der Waals surface area contributed by atoms with Gasteiger partial charge in [-0.1, -0.05) is 6.07 Å². The van der Waals surface area contributed by atoms with Gasteiger partial charge in [-0.2, -0.15) is 0 Å². The van der Waals surface area contributed by atoms with E-state index in [0.717, 1.165) is 0 Å². The Morgan fingerprint density at radius 1 is 1.17 bits per heavy atom. The van der Waals surface area contributed by atoms with Crippen molar-refractivity contribution in [1.29, 1.82) is 0 Å². The molecule has 0 aliphatic carbocycles. The number of carbonyl (C=O) groups is 1. The summed E-state index contributed by atoms with van der Waals surface area (Å²) in [4.78, 5) is 11.4. The first-order valence-electron chi connectivity index (χ1n) is 5.61. The smallest absolute Gasteiger partial charge is 0.344 e. The summed E-state index contributed by atoms with van der Waals surface area (Å²) in [6, 6.07) is 5.23. The Hall–Kier alpha value is -1.91. The predicted molar refractivity (Wildman–Crippen MR) is 66.3 cm³/mol. The molecule has 5 nitrogen and oxygen atoms in total. The summed E-state index contributed by atoms with van der Waals surface area (Å²) in [5.74, 6) is 0.972. The van der Waals surface area contributed by atoms with Crippen LogP contribution in [0.5, 0.6) is 17.2 Å². The molecule has 0 atom stereocenters. The molecular weight excluding hydrogens is 236 g/mol. The van der Waals surface area contributed by atoms with Crippen LogP contribution in [-0.4, -0.2) is 32.9 Å². The Labute approximate surface area is 107 Å². The van der Waals surface area contributed by atoms with E-state index in [2.05, 4.69) is 0 Å². The zero-order valence-electron chi connectivity index (χ0n) is 11.1. The number of ether oxygens (including phenoxy) is 4. The number of para-hydroxylation sites is 1. The molecular formula is C13H18O5. The fraction of sp³-hybridized carbons (Fsp3) is 0.462. The molecule has 1 rings (SSSR count). The average Bonchev–Trinajstić information content (AvgIpc) is 2.34. The van der Waals surface area contributed by atoms with E-state index in [1.807, 2.05) is 0 Å². The van der Waals surface area contributed by atoms with Gasteiger partial charge in [0.1, 0.15) is 0 Å². The molecule has 100 valence electrons. The molecule has 0 bridgehead atoms. The van der Waals surface area contributed by atoms with Crippen molar-refractivity contribution in [3.63, 3.8) is 0 Å². The Morgan fingerprint density at radius 3 is 2.17 bits per heavy atom. The average molecular weight is 254 g/mol. The van der Waals surface area contributed by atoms with Crippen molar-refractivity contribution >= 4 is 5.97 Å². The molecule has 0 aromatic heterocycles. The lowest BCUT2D eigenvalue weighted by Gasteiger charge is -2.14. The van der Waals surface area contributed by atoms with Crippen LogP contribution in [0.15, 0.2) is 18.2 Å². The first-order chi connectivity index (χ1) is 8.58. The molecule has 0 unspecified atom stereocenters. The lowest BCUT2D eigenvalue weighted by molar-refractivity contribution is -0.149. The van der Waals surface area contributed by atoms with Crippen molar-refractivity contribution in [2.24, 2.45) is 0 Å². The van der Waals surface area contributed by atoms with Crippen LogP contribution in [0.4, 0.5) is 0 Å². The molecule has 0 spiro atoms. The van der Waals surface area contributed by atoms with Crippen LogP contribution in [-0.2, 0) is 9.53 Å². The number of esters is 1. The van der Waals surface area contributed by atoms with E-state index in [1.165, 1.54) is 14.2 Å². The van der Waals surface area contributed by atoms with E-state index in [9.17, 15) is 4.79 Å². The number of hydrogen-bond donors (Lipinski definition) is 0. The normalized spacial score (nSPS) is 10.1. The predicted octanol–water partition coefficient (Wildman–Crippen LogP) is 2.03. The third kappa shape index (κ3) is 3.84. The monoisotopic (exact) mass is 254 g/mol. The van der Waals surface area contributed by atoms with Gasteiger partial charge in [-0.3, -0.25) is 0 Å². The van der Waals surface area contributed by atoms with Gasteiger partial charge in [0.2, 0.25) is 5.75 Å². The van der Waals surface area contributed by atoms with Gasteiger partial charge in [0, 0.05) is 0 Å². The van der Waals surface area contributed by atoms with Gasteiger partial charge in [-0.15, -0.1) is 0 Å². The SMILES string of the molecule is COc1cccc(OC)c1OCC(=O)OC(C)C. The highest BCUT2D eigenvalue weighted by atomic mass is 16.6. The largest absolute Gasteiger partial charge is 0.493 e. The van der Waals surface area contributed by atoms with E-state index in [0.29, 0.717) is 17.2 Å². The molecule has 0 heterocycles. The van der Waals surface area contributed by atoms with Crippen LogP contribution < -0.4 is 14.2 Å². The molecule has 0 N–H and O–H groups in total. The van der Waals surface area contributed by atoms with Gasteiger partial charge >= 0.3 is 5.97 Å². The van der Waals surface area contributed by atoms with Gasteiger partial charge in [0.25, 0.3) is 0 Å². The van der Waals surface area contributed by atoms with E-state index in [1.54, 1.807) is 32.0 Å². The second-order valence-corrected chi connectivity index (χ2v) is 3.82. The fourth-order valence-corrected chi connectivity index (χ4v) is 1.39. The zero-order valence-corrected chi connectivity index (χ0v) is 11.1. The van der Waals surface area contributed by atoms with Gasteiger partial charge in [0.15, 0.2) is 18.1 Å². The van der Waals surface area contributed by atoms with Gasteiger partial charge in [-0.05, 0) is 26.0 Å². The molecule has 18 heavy (non-hydrogen) atoms. The van der Waals surface area contributed by atoms with Crippen LogP contribution in [0.2, 0.25) is 0 Å². The van der Waals surface area contributed by atoms with Crippen LogP contribution in [0.25, 0.3) is 0 Å². The summed E-state index contributed by atoms with van der Waals surface area (Å²) in [5, 5.41) is 0. The molecule has 0 amide bonds. The van der Waals surface area contributed by atoms with Crippen LogP contribution in [0.1, 0.15) is 13.8 Å². The first kappa shape index (κ1) is 14.2. The lowest BCUT2D eigenvalue weighted by Crippen LogP contribution is -2.19. The van der Waals surface area contributed by atoms with E-state index < -0.39 is 5.97 Å². The molecule has 1 aromatic carbocycles. The van der Waals surface area contributed by atoms with Crippen molar-refractivity contribution in [3.05, 3.63) is 18.2 Å². The molecule has 1 aromatic rings. The van der Waals surface area contributed by atoms with Crippen LogP contribution >= 0.6 is 0 Å². The molecule has 5 heteroatoms. The fourth-order valence-electron chi connectivity index (χ4n) is 1.39. The van der Waals surface area contributed by atoms with Crippen molar-refractivity contribution in [2.45, 2.75) is 20.0 Å². The maximum absolute atomic E-state index is 11.4. The first-order valence-corrected chi connectivity index (χ1v) is 5.61. The minimum absolute atomic E-state index is 0.166. The number of carbonyl (C=O) groups excluding carboxylic acids is 1. The Bertz CT molecular complexity index is 378. The summed E-state index contributed by atoms with van der Waals surface area (Å²) in [6.07, 6.45) is -0.166. The summed E-state index contributed by atoms with van der Waals surface area (Å²) in [5.41, 5.74) is 0. The number of methoxy groups -OCH3 is 2. The Balaban J connectivity index is 2.74. The van der Waals surface area contributed by atoms with Crippen molar-refractivity contribution in [3.8, 4) is 17.2 Å². The Morgan fingerprint density at radius 2 is 1.72 bits per heavy atom. The maximum atomic E-state index is 11.4. The second-order valence-electron chi connectivity index (χ2n) is 3.82. The minimum atomic E-state index is -0.432. The molecule has 0 aliphatic rings. The topological polar surface area (TPSA) is 54.0 Å².